The van der Waals surface area contributed by atoms with E-state index in [4.69, 9.17) is 0 Å². The maximum absolute atomic E-state index is 4.31. The van der Waals surface area contributed by atoms with Crippen LogP contribution in [0.15, 0.2) is 37.7 Å². The number of hydrogen-bond acceptors (Lipinski definition) is 3. The molecule has 1 rings (SSSR count). The minimum atomic E-state index is 0.426. The summed E-state index contributed by atoms with van der Waals surface area (Å²) in [6.45, 7) is 12.1. The van der Waals surface area contributed by atoms with E-state index in [9.17, 15) is 0 Å². The number of benzene rings is 1. The van der Waals surface area contributed by atoms with E-state index in [2.05, 4.69) is 65.0 Å². The van der Waals surface area contributed by atoms with Crippen molar-refractivity contribution < 1.29 is 0 Å². The van der Waals surface area contributed by atoms with Gasteiger partial charge in [-0.05, 0) is 47.9 Å². The predicted octanol–water partition coefficient (Wildman–Crippen LogP) is 6.15. The molecule has 0 amide bonds. The third kappa shape index (κ3) is 4.28. The second-order valence-corrected chi connectivity index (χ2v) is 6.25. The monoisotopic (exact) mass is 312 g/mol. The van der Waals surface area contributed by atoms with E-state index in [1.807, 2.05) is 6.92 Å². The zero-order valence-electron chi connectivity index (χ0n) is 10.6. The van der Waals surface area contributed by atoms with Crippen molar-refractivity contribution in [3.63, 3.8) is 0 Å². The van der Waals surface area contributed by atoms with Gasteiger partial charge in [-0.2, -0.15) is 0 Å². The van der Waals surface area contributed by atoms with Gasteiger partial charge in [0, 0.05) is 16.4 Å². The minimum Gasteiger partial charge on any atom is -0.143 e. The molecule has 0 N–H and O–H groups in total. The molecule has 0 spiro atoms. The highest BCUT2D eigenvalue weighted by Gasteiger charge is 2.10. The fourth-order valence-corrected chi connectivity index (χ4v) is 2.32. The fourth-order valence-electron chi connectivity index (χ4n) is 1.47. The molecule has 0 aliphatic carbocycles. The summed E-state index contributed by atoms with van der Waals surface area (Å²) in [4.78, 5) is 0.939. The highest BCUT2D eigenvalue weighted by atomic mass is 79.9. The van der Waals surface area contributed by atoms with Gasteiger partial charge in [-0.25, -0.2) is 0 Å². The van der Waals surface area contributed by atoms with Crippen molar-refractivity contribution >= 4 is 33.6 Å². The largest absolute Gasteiger partial charge is 0.143 e. The summed E-state index contributed by atoms with van der Waals surface area (Å²) in [5, 5.41) is 4.31. The van der Waals surface area contributed by atoms with Crippen LogP contribution < -0.4 is 0 Å². The Hall–Kier alpha value is -0.610. The van der Waals surface area contributed by atoms with Crippen LogP contribution in [0.2, 0.25) is 0 Å². The van der Waals surface area contributed by atoms with Gasteiger partial charge in [0.2, 0.25) is 0 Å². The van der Waals surface area contributed by atoms with Crippen molar-refractivity contribution in [3.05, 3.63) is 39.2 Å². The molecule has 4 heteroatoms. The Morgan fingerprint density at radius 2 is 2.06 bits per heavy atom. The first kappa shape index (κ1) is 14.5. The molecule has 0 aliphatic heterocycles. The molecule has 0 unspecified atom stereocenters. The molecule has 0 saturated heterocycles. The Balaban J connectivity index is 3.12. The molecule has 17 heavy (non-hydrogen) atoms. The van der Waals surface area contributed by atoms with Crippen LogP contribution in [0.25, 0.3) is 0 Å². The Morgan fingerprint density at radius 3 is 2.59 bits per heavy atom. The third-order valence-electron chi connectivity index (χ3n) is 2.25. The molecule has 0 fully saturated rings. The lowest BCUT2D eigenvalue weighted by Crippen LogP contribution is -1.90. The first-order chi connectivity index (χ1) is 7.91. The summed E-state index contributed by atoms with van der Waals surface area (Å²) in [6.07, 6.45) is 0. The van der Waals surface area contributed by atoms with Crippen LogP contribution in [-0.4, -0.2) is 0 Å². The number of allylic oxidation sites excluding steroid dienone is 1. The summed E-state index contributed by atoms with van der Waals surface area (Å²) in [5.74, 6) is 0.426. The van der Waals surface area contributed by atoms with Crippen LogP contribution in [0.4, 0.5) is 5.69 Å². The molecule has 0 bridgehead atoms. The lowest BCUT2D eigenvalue weighted by Gasteiger charge is -2.11. The molecule has 0 aliphatic rings. The maximum atomic E-state index is 4.31. The highest BCUT2D eigenvalue weighted by molar-refractivity contribution is 9.10. The Morgan fingerprint density at radius 1 is 1.41 bits per heavy atom. The number of rotatable bonds is 4. The molecular weight excluding hydrogens is 296 g/mol. The van der Waals surface area contributed by atoms with Crippen molar-refractivity contribution in [1.29, 1.82) is 0 Å². The summed E-state index contributed by atoms with van der Waals surface area (Å²) >= 11 is 4.83. The van der Waals surface area contributed by atoms with Gasteiger partial charge in [0.1, 0.15) is 0 Å². The van der Waals surface area contributed by atoms with E-state index in [1.165, 1.54) is 17.5 Å². The van der Waals surface area contributed by atoms with Crippen molar-refractivity contribution in [2.24, 2.45) is 9.63 Å². The van der Waals surface area contributed by atoms with Gasteiger partial charge in [-0.3, -0.25) is 0 Å². The lowest BCUT2D eigenvalue weighted by molar-refractivity contribution is 0.862. The second-order valence-electron chi connectivity index (χ2n) is 4.29. The smallest absolute Gasteiger partial charge is 0.0928 e. The standard InChI is InChI=1S/C13H17BrN2S/c1-8(2)12-7-11(14)6-10(5)13(12)15-16-17-9(3)4/h6-8H,3H2,1-2,4-5H3. The molecular formula is C13H17BrN2S. The topological polar surface area (TPSA) is 24.7 Å². The number of aryl methyl sites for hydroxylation is 1. The van der Waals surface area contributed by atoms with E-state index in [1.54, 1.807) is 0 Å². The molecule has 0 aromatic heterocycles. The van der Waals surface area contributed by atoms with Crippen LogP contribution in [0, 0.1) is 6.92 Å². The Labute approximate surface area is 116 Å². The van der Waals surface area contributed by atoms with E-state index in [-0.39, 0.29) is 0 Å². The van der Waals surface area contributed by atoms with Crippen LogP contribution in [0.1, 0.15) is 37.8 Å². The number of hydrogen-bond donors (Lipinski definition) is 0. The molecule has 2 nitrogen and oxygen atoms in total. The first-order valence-corrected chi connectivity index (χ1v) is 7.02. The van der Waals surface area contributed by atoms with E-state index in [0.717, 1.165) is 20.6 Å². The van der Waals surface area contributed by atoms with Crippen molar-refractivity contribution in [2.45, 2.75) is 33.6 Å². The van der Waals surface area contributed by atoms with Crippen LogP contribution in [-0.2, 0) is 0 Å². The summed E-state index contributed by atoms with van der Waals surface area (Å²) < 4.78 is 5.19. The quantitative estimate of drug-likeness (QED) is 0.483. The third-order valence-corrected chi connectivity index (χ3v) is 3.19. The van der Waals surface area contributed by atoms with E-state index >= 15 is 0 Å². The molecule has 0 saturated carbocycles. The molecule has 0 radical (unpaired) electrons. The Kier molecular flexibility index (Phi) is 5.40. The molecule has 0 atom stereocenters. The molecule has 1 aromatic carbocycles. The van der Waals surface area contributed by atoms with Crippen LogP contribution in [0.5, 0.6) is 0 Å². The Bertz CT molecular complexity index is 453. The summed E-state index contributed by atoms with van der Waals surface area (Å²) in [7, 11) is 0. The summed E-state index contributed by atoms with van der Waals surface area (Å²) in [6, 6.07) is 4.17. The van der Waals surface area contributed by atoms with Crippen molar-refractivity contribution in [3.8, 4) is 0 Å². The predicted molar refractivity (Wildman–Crippen MR) is 79.9 cm³/mol. The number of halogens is 1. The average Bonchev–Trinajstić information content (AvgIpc) is 2.19. The van der Waals surface area contributed by atoms with Crippen LogP contribution >= 0.6 is 27.9 Å². The van der Waals surface area contributed by atoms with Gasteiger partial charge in [-0.15, -0.1) is 9.63 Å². The van der Waals surface area contributed by atoms with Gasteiger partial charge in [-0.1, -0.05) is 36.4 Å². The maximum Gasteiger partial charge on any atom is 0.0928 e. The van der Waals surface area contributed by atoms with Crippen LogP contribution in [0.3, 0.4) is 0 Å². The van der Waals surface area contributed by atoms with Gasteiger partial charge in [0.25, 0.3) is 0 Å². The van der Waals surface area contributed by atoms with Gasteiger partial charge in [0.15, 0.2) is 0 Å². The molecule has 1 aromatic rings. The lowest BCUT2D eigenvalue weighted by atomic mass is 9.99. The van der Waals surface area contributed by atoms with Crippen molar-refractivity contribution in [2.75, 3.05) is 0 Å². The van der Waals surface area contributed by atoms with Crippen molar-refractivity contribution in [1.82, 2.24) is 0 Å². The SMILES string of the molecule is C=C(C)SN=Nc1c(C)cc(Br)cc1C(C)C. The minimum absolute atomic E-state index is 0.426. The van der Waals surface area contributed by atoms with E-state index in [0.29, 0.717) is 5.92 Å². The zero-order valence-corrected chi connectivity index (χ0v) is 13.0. The zero-order chi connectivity index (χ0) is 13.0. The fraction of sp³-hybridized carbons (Fsp3) is 0.385. The van der Waals surface area contributed by atoms with Gasteiger partial charge in [0.05, 0.1) is 5.69 Å². The second kappa shape index (κ2) is 6.36. The average molecular weight is 313 g/mol. The number of nitrogens with zero attached hydrogens (tertiary/aromatic N) is 2. The highest BCUT2D eigenvalue weighted by Crippen LogP contribution is 2.34. The first-order valence-electron chi connectivity index (χ1n) is 5.45. The van der Waals surface area contributed by atoms with E-state index < -0.39 is 0 Å². The normalized spacial score (nSPS) is 11.4. The summed E-state index contributed by atoms with van der Waals surface area (Å²) in [5.41, 5.74) is 3.31. The molecule has 92 valence electrons. The molecule has 0 heterocycles. The van der Waals surface area contributed by atoms with Gasteiger partial charge < -0.3 is 0 Å². The van der Waals surface area contributed by atoms with Gasteiger partial charge >= 0.3 is 0 Å².